The van der Waals surface area contributed by atoms with Crippen LogP contribution >= 0.6 is 23.1 Å². The maximum absolute atomic E-state index is 13.3. The summed E-state index contributed by atoms with van der Waals surface area (Å²) < 4.78 is 1.79. The summed E-state index contributed by atoms with van der Waals surface area (Å²) in [5.41, 5.74) is 1.93. The molecule has 9 heteroatoms. The fourth-order valence-electron chi connectivity index (χ4n) is 7.26. The number of fused-ring (bicyclic) bond motifs is 9. The van der Waals surface area contributed by atoms with E-state index in [1.165, 1.54) is 11.3 Å². The average molecular weight is 519 g/mol. The van der Waals surface area contributed by atoms with Crippen molar-refractivity contribution in [3.8, 4) is 5.69 Å². The zero-order valence-corrected chi connectivity index (χ0v) is 20.7. The van der Waals surface area contributed by atoms with E-state index < -0.39 is 24.3 Å². The van der Waals surface area contributed by atoms with Gasteiger partial charge in [-0.1, -0.05) is 59.9 Å². The van der Waals surface area contributed by atoms with Gasteiger partial charge in [0.05, 0.1) is 22.5 Å². The molecule has 0 unspecified atom stereocenters. The molecule has 2 amide bonds. The third-order valence-corrected chi connectivity index (χ3v) is 11.1. The molecule has 2 aliphatic heterocycles. The summed E-state index contributed by atoms with van der Waals surface area (Å²) in [6.45, 7) is -0.574. The van der Waals surface area contributed by atoms with Crippen LogP contribution in [0.5, 0.6) is 0 Å². The fourth-order valence-corrected chi connectivity index (χ4v) is 10.4. The van der Waals surface area contributed by atoms with Crippen molar-refractivity contribution in [1.29, 1.82) is 0 Å². The van der Waals surface area contributed by atoms with Crippen molar-refractivity contribution in [2.75, 3.05) is 6.54 Å². The van der Waals surface area contributed by atoms with Crippen molar-refractivity contribution in [1.82, 2.24) is 9.47 Å². The minimum atomic E-state index is -1.17. The summed E-state index contributed by atoms with van der Waals surface area (Å²) in [5, 5.41) is 10.3. The number of hydrogen-bond acceptors (Lipinski definition) is 6. The van der Waals surface area contributed by atoms with Crippen LogP contribution in [0.25, 0.3) is 5.69 Å². The third-order valence-electron chi connectivity index (χ3n) is 8.43. The van der Waals surface area contributed by atoms with Gasteiger partial charge in [-0.05, 0) is 41.9 Å². The number of carbonyl (C=O) groups excluding carboxylic acids is 2. The summed E-state index contributed by atoms with van der Waals surface area (Å²) in [6, 6.07) is 19.7. The topological polar surface area (TPSA) is 96.7 Å². The van der Waals surface area contributed by atoms with E-state index in [4.69, 9.17) is 0 Å². The zero-order chi connectivity index (χ0) is 24.7. The van der Waals surface area contributed by atoms with Gasteiger partial charge < -0.3 is 5.11 Å². The van der Waals surface area contributed by atoms with E-state index in [2.05, 4.69) is 12.1 Å². The number of carboxylic acid groups (broad SMARTS) is 1. The van der Waals surface area contributed by atoms with Crippen LogP contribution in [0.1, 0.15) is 22.8 Å². The molecule has 1 saturated heterocycles. The Kier molecular flexibility index (Phi) is 4.85. The first-order valence-corrected chi connectivity index (χ1v) is 13.7. The average Bonchev–Trinajstić information content (AvgIpc) is 3.59. The van der Waals surface area contributed by atoms with Crippen LogP contribution < -0.4 is 4.87 Å². The van der Waals surface area contributed by atoms with Crippen LogP contribution in [0.2, 0.25) is 0 Å². The number of carboxylic acids is 1. The molecular weight excluding hydrogens is 496 g/mol. The van der Waals surface area contributed by atoms with Gasteiger partial charge >= 0.3 is 10.8 Å². The predicted molar refractivity (Wildman–Crippen MR) is 134 cm³/mol. The Bertz CT molecular complexity index is 1470. The molecule has 7 rings (SSSR count). The van der Waals surface area contributed by atoms with Crippen molar-refractivity contribution in [3.05, 3.63) is 80.8 Å². The lowest BCUT2D eigenvalue weighted by Crippen LogP contribution is -2.43. The Hall–Kier alpha value is -3.17. The number of para-hydroxylation sites is 1. The standard InChI is InChI=1S/C27H22N2O5S2/c30-17(31)12-28-24(32)20-15-11-16(21(20)25(28)33)22-19(15)18(13-7-3-1-4-8-13)23-26(35-22)29(27(34)36-23)14-9-5-2-6-10-14/h1-10,15-16,18-22H,11-12H2,(H,30,31)/t15-,16+,18-,19+,20+,21+,22+/m0/s1. The Labute approximate surface area is 214 Å². The first-order valence-electron chi connectivity index (χ1n) is 12.1. The van der Waals surface area contributed by atoms with Gasteiger partial charge in [-0.2, -0.15) is 0 Å². The number of aliphatic carboxylic acids is 1. The second kappa shape index (κ2) is 7.91. The Morgan fingerprint density at radius 1 is 0.917 bits per heavy atom. The normalized spacial score (nSPS) is 31.9. The molecule has 4 aliphatic rings. The van der Waals surface area contributed by atoms with Crippen LogP contribution in [0.15, 0.2) is 70.5 Å². The zero-order valence-electron chi connectivity index (χ0n) is 19.0. The van der Waals surface area contributed by atoms with Gasteiger partial charge in [0.1, 0.15) is 6.54 Å². The minimum absolute atomic E-state index is 0.0199. The Morgan fingerprint density at radius 3 is 2.22 bits per heavy atom. The number of imide groups is 1. The summed E-state index contributed by atoms with van der Waals surface area (Å²) in [5.74, 6) is -2.79. The van der Waals surface area contributed by atoms with Crippen molar-refractivity contribution in [2.24, 2.45) is 29.6 Å². The van der Waals surface area contributed by atoms with Crippen LogP contribution in [0, 0.1) is 29.6 Å². The number of thiazole rings is 1. The molecular formula is C27H22N2O5S2. The van der Waals surface area contributed by atoms with E-state index in [1.54, 1.807) is 16.3 Å². The smallest absolute Gasteiger partial charge is 0.323 e. The molecule has 2 aliphatic carbocycles. The molecule has 1 N–H and O–H groups in total. The van der Waals surface area contributed by atoms with E-state index in [9.17, 15) is 24.3 Å². The number of hydrogen-bond donors (Lipinski definition) is 1. The Balaban J connectivity index is 1.38. The monoisotopic (exact) mass is 518 g/mol. The van der Waals surface area contributed by atoms with Gasteiger partial charge in [0.15, 0.2) is 0 Å². The highest BCUT2D eigenvalue weighted by molar-refractivity contribution is 8.00. The van der Waals surface area contributed by atoms with Crippen LogP contribution in [0.4, 0.5) is 0 Å². The first-order chi connectivity index (χ1) is 17.5. The number of likely N-dealkylation sites (tertiary alicyclic amines) is 1. The first kappa shape index (κ1) is 22.1. The van der Waals surface area contributed by atoms with Gasteiger partial charge in [-0.15, -0.1) is 11.8 Å². The quantitative estimate of drug-likeness (QED) is 0.532. The predicted octanol–water partition coefficient (Wildman–Crippen LogP) is 3.46. The van der Waals surface area contributed by atoms with Gasteiger partial charge in [0.25, 0.3) is 0 Å². The Morgan fingerprint density at radius 2 is 1.56 bits per heavy atom. The summed E-state index contributed by atoms with van der Waals surface area (Å²) in [7, 11) is 0. The molecule has 2 saturated carbocycles. The minimum Gasteiger partial charge on any atom is -0.480 e. The number of rotatable bonds is 4. The maximum Gasteiger partial charge on any atom is 0.323 e. The number of thioether (sulfide) groups is 1. The van der Waals surface area contributed by atoms with Crippen LogP contribution in [-0.4, -0.2) is 44.2 Å². The van der Waals surface area contributed by atoms with E-state index >= 15 is 0 Å². The third kappa shape index (κ3) is 2.93. The number of carbonyl (C=O) groups is 3. The molecule has 3 heterocycles. The molecule has 2 aromatic carbocycles. The molecule has 36 heavy (non-hydrogen) atoms. The molecule has 7 nitrogen and oxygen atoms in total. The van der Waals surface area contributed by atoms with Gasteiger partial charge in [-0.25, -0.2) is 0 Å². The van der Waals surface area contributed by atoms with Crippen molar-refractivity contribution < 1.29 is 19.5 Å². The fraction of sp³-hybridized carbons (Fsp3) is 0.333. The van der Waals surface area contributed by atoms with E-state index in [-0.39, 0.29) is 45.6 Å². The summed E-state index contributed by atoms with van der Waals surface area (Å²) >= 11 is 2.95. The van der Waals surface area contributed by atoms with Crippen LogP contribution in [0.3, 0.4) is 0 Å². The number of nitrogens with zero attached hydrogens (tertiary/aromatic N) is 2. The van der Waals surface area contributed by atoms with Crippen LogP contribution in [-0.2, 0) is 14.4 Å². The van der Waals surface area contributed by atoms with E-state index in [0.717, 1.165) is 32.5 Å². The SMILES string of the molecule is O=C(O)CN1C(=O)[C@@H]2[C@H]3C[C@@H]([C@H]4Sc5c(sc(=O)n5-c5ccccc5)[C@@H](c5ccccc5)[C@@H]34)[C@H]2C1=O. The van der Waals surface area contributed by atoms with Gasteiger partial charge in [0.2, 0.25) is 11.8 Å². The lowest BCUT2D eigenvalue weighted by molar-refractivity contribution is -0.149. The maximum atomic E-state index is 13.3. The molecule has 2 bridgehead atoms. The van der Waals surface area contributed by atoms with Crippen molar-refractivity contribution >= 4 is 40.9 Å². The largest absolute Gasteiger partial charge is 0.480 e. The highest BCUT2D eigenvalue weighted by atomic mass is 32.2. The van der Waals surface area contributed by atoms with E-state index in [1.807, 2.05) is 48.5 Å². The highest BCUT2D eigenvalue weighted by Gasteiger charge is 2.69. The molecule has 3 fully saturated rings. The molecule has 7 atom stereocenters. The lowest BCUT2D eigenvalue weighted by Gasteiger charge is -2.43. The van der Waals surface area contributed by atoms with Gasteiger partial charge in [-0.3, -0.25) is 28.6 Å². The van der Waals surface area contributed by atoms with Crippen molar-refractivity contribution in [2.45, 2.75) is 22.6 Å². The number of benzene rings is 2. The second-order valence-corrected chi connectivity index (χ2v) is 12.2. The lowest BCUT2D eigenvalue weighted by atomic mass is 9.68. The van der Waals surface area contributed by atoms with E-state index in [0.29, 0.717) is 0 Å². The highest BCUT2D eigenvalue weighted by Crippen LogP contribution is 2.68. The van der Waals surface area contributed by atoms with Gasteiger partial charge in [0, 0.05) is 16.0 Å². The van der Waals surface area contributed by atoms with Crippen molar-refractivity contribution in [3.63, 3.8) is 0 Å². The summed E-state index contributed by atoms with van der Waals surface area (Å²) in [4.78, 5) is 53.2. The molecule has 0 spiro atoms. The molecule has 1 aromatic heterocycles. The second-order valence-electron chi connectivity index (χ2n) is 10.0. The summed E-state index contributed by atoms with van der Waals surface area (Å²) in [6.07, 6.45) is 0.782. The molecule has 182 valence electrons. The number of aromatic nitrogens is 1. The molecule has 0 radical (unpaired) electrons. The molecule has 3 aromatic rings. The number of amides is 2.